The normalized spacial score (nSPS) is 10.2. The highest BCUT2D eigenvalue weighted by Gasteiger charge is 1.95. The molecule has 7 nitrogen and oxygen atoms in total. The molecule has 84 valence electrons. The van der Waals surface area contributed by atoms with E-state index in [1.807, 2.05) is 6.20 Å². The minimum Gasteiger partial charge on any atom is -0.370 e. The summed E-state index contributed by atoms with van der Waals surface area (Å²) in [6, 6.07) is 1.78. The van der Waals surface area contributed by atoms with E-state index in [2.05, 4.69) is 25.6 Å². The predicted octanol–water partition coefficient (Wildman–Crippen LogP) is 0.152. The third-order valence-electron chi connectivity index (χ3n) is 2.02. The molecule has 0 bridgehead atoms. The molecule has 2 rings (SSSR count). The molecule has 7 heteroatoms. The Morgan fingerprint density at radius 1 is 1.38 bits per heavy atom. The molecule has 0 saturated carbocycles. The number of rotatable bonds is 5. The Morgan fingerprint density at radius 3 is 3.06 bits per heavy atom. The lowest BCUT2D eigenvalue weighted by molar-refractivity contribution is 0.569. The first-order valence-corrected chi connectivity index (χ1v) is 5.01. The van der Waals surface area contributed by atoms with Crippen LogP contribution in [-0.2, 0) is 6.54 Å². The zero-order chi connectivity index (χ0) is 11.2. The van der Waals surface area contributed by atoms with Crippen molar-refractivity contribution in [1.82, 2.24) is 25.0 Å². The van der Waals surface area contributed by atoms with E-state index < -0.39 is 0 Å². The Kier molecular flexibility index (Phi) is 3.27. The van der Waals surface area contributed by atoms with Crippen LogP contribution in [0.1, 0.15) is 6.42 Å². The van der Waals surface area contributed by atoms with Crippen LogP contribution < -0.4 is 11.1 Å². The lowest BCUT2D eigenvalue weighted by atomic mass is 10.4. The number of aryl methyl sites for hydroxylation is 1. The first-order chi connectivity index (χ1) is 7.84. The smallest absolute Gasteiger partial charge is 0.221 e. The highest BCUT2D eigenvalue weighted by Crippen LogP contribution is 2.02. The summed E-state index contributed by atoms with van der Waals surface area (Å²) in [4.78, 5) is 7.84. The van der Waals surface area contributed by atoms with Gasteiger partial charge in [-0.3, -0.25) is 4.68 Å². The molecule has 0 fully saturated rings. The van der Waals surface area contributed by atoms with Gasteiger partial charge in [-0.1, -0.05) is 5.21 Å². The maximum Gasteiger partial charge on any atom is 0.221 e. The number of nitrogens with one attached hydrogen (secondary N) is 1. The molecule has 0 aliphatic heterocycles. The Morgan fingerprint density at radius 2 is 2.31 bits per heavy atom. The van der Waals surface area contributed by atoms with Gasteiger partial charge >= 0.3 is 0 Å². The molecule has 0 atom stereocenters. The van der Waals surface area contributed by atoms with Crippen LogP contribution in [0.15, 0.2) is 24.7 Å². The van der Waals surface area contributed by atoms with Gasteiger partial charge in [0.25, 0.3) is 0 Å². The molecule has 2 aromatic heterocycles. The second-order valence-corrected chi connectivity index (χ2v) is 3.25. The molecule has 2 aromatic rings. The van der Waals surface area contributed by atoms with E-state index in [0.717, 1.165) is 25.3 Å². The topological polar surface area (TPSA) is 94.5 Å². The van der Waals surface area contributed by atoms with Gasteiger partial charge in [-0.25, -0.2) is 4.98 Å². The standard InChI is InChI=1S/C9H13N7/c10-9-12-4-2-8(14-9)11-3-1-6-16-7-5-13-15-16/h2,4-5,7H,1,3,6H2,(H3,10,11,12,14). The monoisotopic (exact) mass is 219 g/mol. The van der Waals surface area contributed by atoms with E-state index >= 15 is 0 Å². The summed E-state index contributed by atoms with van der Waals surface area (Å²) >= 11 is 0. The average molecular weight is 219 g/mol. The third-order valence-corrected chi connectivity index (χ3v) is 2.02. The van der Waals surface area contributed by atoms with Crippen molar-refractivity contribution in [2.45, 2.75) is 13.0 Å². The lowest BCUT2D eigenvalue weighted by Gasteiger charge is -2.05. The lowest BCUT2D eigenvalue weighted by Crippen LogP contribution is -2.09. The van der Waals surface area contributed by atoms with E-state index in [4.69, 9.17) is 5.73 Å². The van der Waals surface area contributed by atoms with Gasteiger partial charge in [0.1, 0.15) is 5.82 Å². The summed E-state index contributed by atoms with van der Waals surface area (Å²) in [5.41, 5.74) is 5.46. The molecular weight excluding hydrogens is 206 g/mol. The quantitative estimate of drug-likeness (QED) is 0.695. The zero-order valence-corrected chi connectivity index (χ0v) is 8.74. The maximum atomic E-state index is 5.46. The van der Waals surface area contributed by atoms with Crippen LogP contribution >= 0.6 is 0 Å². The molecule has 0 spiro atoms. The van der Waals surface area contributed by atoms with Crippen LogP contribution in [0.2, 0.25) is 0 Å². The van der Waals surface area contributed by atoms with Crippen LogP contribution in [0, 0.1) is 0 Å². The minimum absolute atomic E-state index is 0.279. The van der Waals surface area contributed by atoms with Crippen LogP contribution in [-0.4, -0.2) is 31.5 Å². The minimum atomic E-state index is 0.279. The number of nitrogens with zero attached hydrogens (tertiary/aromatic N) is 5. The summed E-state index contributed by atoms with van der Waals surface area (Å²) in [5.74, 6) is 1.02. The number of nitrogen functional groups attached to an aromatic ring is 1. The van der Waals surface area contributed by atoms with E-state index in [-0.39, 0.29) is 5.95 Å². The van der Waals surface area contributed by atoms with Crippen molar-refractivity contribution in [2.75, 3.05) is 17.6 Å². The van der Waals surface area contributed by atoms with Crippen LogP contribution in [0.25, 0.3) is 0 Å². The molecule has 0 radical (unpaired) electrons. The van der Waals surface area contributed by atoms with E-state index in [1.54, 1.807) is 23.1 Å². The van der Waals surface area contributed by atoms with Gasteiger partial charge in [0, 0.05) is 25.5 Å². The van der Waals surface area contributed by atoms with Gasteiger partial charge in [-0.15, -0.1) is 5.10 Å². The third kappa shape index (κ3) is 2.91. The van der Waals surface area contributed by atoms with Gasteiger partial charge < -0.3 is 11.1 Å². The van der Waals surface area contributed by atoms with Crippen molar-refractivity contribution in [1.29, 1.82) is 0 Å². The van der Waals surface area contributed by atoms with Crippen molar-refractivity contribution >= 4 is 11.8 Å². The van der Waals surface area contributed by atoms with Gasteiger partial charge in [0.05, 0.1) is 6.20 Å². The van der Waals surface area contributed by atoms with Crippen molar-refractivity contribution < 1.29 is 0 Å². The predicted molar refractivity (Wildman–Crippen MR) is 59.6 cm³/mol. The molecule has 0 aromatic carbocycles. The summed E-state index contributed by atoms with van der Waals surface area (Å²) in [6.45, 7) is 1.63. The van der Waals surface area contributed by atoms with Gasteiger partial charge in [-0.05, 0) is 12.5 Å². The number of aromatic nitrogens is 5. The van der Waals surface area contributed by atoms with Crippen molar-refractivity contribution in [3.63, 3.8) is 0 Å². The summed E-state index contributed by atoms with van der Waals surface area (Å²) in [7, 11) is 0. The Bertz CT molecular complexity index is 425. The summed E-state index contributed by atoms with van der Waals surface area (Å²) in [5, 5.41) is 10.7. The summed E-state index contributed by atoms with van der Waals surface area (Å²) < 4.78 is 1.79. The van der Waals surface area contributed by atoms with Crippen LogP contribution in [0.5, 0.6) is 0 Å². The molecule has 3 N–H and O–H groups in total. The zero-order valence-electron chi connectivity index (χ0n) is 8.74. The van der Waals surface area contributed by atoms with Crippen molar-refractivity contribution in [3.05, 3.63) is 24.7 Å². The first-order valence-electron chi connectivity index (χ1n) is 5.01. The molecule has 2 heterocycles. The highest BCUT2D eigenvalue weighted by molar-refractivity contribution is 5.36. The molecule has 16 heavy (non-hydrogen) atoms. The fraction of sp³-hybridized carbons (Fsp3) is 0.333. The average Bonchev–Trinajstić information content (AvgIpc) is 2.77. The largest absolute Gasteiger partial charge is 0.370 e. The van der Waals surface area contributed by atoms with E-state index in [1.165, 1.54) is 0 Å². The molecule has 0 aliphatic rings. The molecule has 0 aliphatic carbocycles. The highest BCUT2D eigenvalue weighted by atomic mass is 15.4. The molecule has 0 amide bonds. The second-order valence-electron chi connectivity index (χ2n) is 3.25. The second kappa shape index (κ2) is 5.06. The van der Waals surface area contributed by atoms with Gasteiger partial charge in [-0.2, -0.15) is 4.98 Å². The Balaban J connectivity index is 1.72. The SMILES string of the molecule is Nc1nccc(NCCCn2ccnn2)n1. The number of hydrogen-bond acceptors (Lipinski definition) is 6. The Hall–Kier alpha value is -2.18. The molecule has 0 saturated heterocycles. The first kappa shape index (κ1) is 10.3. The molecular formula is C9H13N7. The number of anilines is 2. The van der Waals surface area contributed by atoms with Gasteiger partial charge in [0.15, 0.2) is 0 Å². The van der Waals surface area contributed by atoms with Crippen molar-refractivity contribution in [3.8, 4) is 0 Å². The maximum absolute atomic E-state index is 5.46. The molecule has 0 unspecified atom stereocenters. The fourth-order valence-electron chi connectivity index (χ4n) is 1.28. The van der Waals surface area contributed by atoms with Crippen LogP contribution in [0.4, 0.5) is 11.8 Å². The Labute approximate surface area is 92.7 Å². The van der Waals surface area contributed by atoms with Crippen molar-refractivity contribution in [2.24, 2.45) is 0 Å². The summed E-state index contributed by atoms with van der Waals surface area (Å²) in [6.07, 6.45) is 6.07. The van der Waals surface area contributed by atoms with Crippen LogP contribution in [0.3, 0.4) is 0 Å². The van der Waals surface area contributed by atoms with E-state index in [0.29, 0.717) is 0 Å². The number of hydrogen-bond donors (Lipinski definition) is 2. The number of nitrogens with two attached hydrogens (primary N) is 1. The van der Waals surface area contributed by atoms with Gasteiger partial charge in [0.2, 0.25) is 5.95 Å². The fourth-order valence-corrected chi connectivity index (χ4v) is 1.28. The van der Waals surface area contributed by atoms with E-state index in [9.17, 15) is 0 Å².